The van der Waals surface area contributed by atoms with Gasteiger partial charge in [0.05, 0.1) is 10.7 Å². The highest BCUT2D eigenvalue weighted by Gasteiger charge is 2.08. The molecule has 1 heterocycles. The highest BCUT2D eigenvalue weighted by Crippen LogP contribution is 2.16. The molecule has 1 aromatic heterocycles. The van der Waals surface area contributed by atoms with Gasteiger partial charge in [-0.3, -0.25) is 4.79 Å². The third-order valence-electron chi connectivity index (χ3n) is 4.21. The van der Waals surface area contributed by atoms with Gasteiger partial charge in [-0.1, -0.05) is 24.3 Å². The Balaban J connectivity index is 1.55. The van der Waals surface area contributed by atoms with Gasteiger partial charge in [-0.05, 0) is 56.4 Å². The maximum absolute atomic E-state index is 12.5. The monoisotopic (exact) mass is 395 g/mol. The molecule has 1 N–H and O–H groups in total. The zero-order valence-corrected chi connectivity index (χ0v) is 17.3. The van der Waals surface area contributed by atoms with Crippen LogP contribution in [0.15, 0.2) is 53.9 Å². The van der Waals surface area contributed by atoms with Gasteiger partial charge in [0.25, 0.3) is 5.91 Å². The minimum absolute atomic E-state index is 0.0960. The van der Waals surface area contributed by atoms with Gasteiger partial charge in [-0.25, -0.2) is 4.98 Å². The number of hydrogen-bond acceptors (Lipinski definition) is 5. The smallest absolute Gasteiger partial charge is 0.251 e. The van der Waals surface area contributed by atoms with Crippen molar-refractivity contribution in [1.29, 1.82) is 0 Å². The van der Waals surface area contributed by atoms with Gasteiger partial charge in [0.2, 0.25) is 0 Å². The summed E-state index contributed by atoms with van der Waals surface area (Å²) >= 11 is 1.61. The number of carbonyl (C=O) groups is 1. The van der Waals surface area contributed by atoms with E-state index >= 15 is 0 Å². The van der Waals surface area contributed by atoms with E-state index in [2.05, 4.69) is 27.3 Å². The summed E-state index contributed by atoms with van der Waals surface area (Å²) in [7, 11) is 4.07. The molecule has 1 amide bonds. The summed E-state index contributed by atoms with van der Waals surface area (Å²) in [4.78, 5) is 19.0. The second-order valence-electron chi connectivity index (χ2n) is 6.86. The highest BCUT2D eigenvalue weighted by molar-refractivity contribution is 7.09. The molecule has 0 spiro atoms. The zero-order chi connectivity index (χ0) is 19.9. The number of thiazole rings is 1. The Kier molecular flexibility index (Phi) is 6.79. The normalized spacial score (nSPS) is 10.9. The van der Waals surface area contributed by atoms with Crippen LogP contribution in [0.4, 0.5) is 0 Å². The van der Waals surface area contributed by atoms with Crippen LogP contribution in [0.1, 0.15) is 32.2 Å². The van der Waals surface area contributed by atoms with E-state index in [0.717, 1.165) is 28.6 Å². The van der Waals surface area contributed by atoms with Gasteiger partial charge in [-0.2, -0.15) is 0 Å². The molecule has 2 aromatic carbocycles. The maximum atomic E-state index is 12.5. The van der Waals surface area contributed by atoms with Crippen LogP contribution in [-0.2, 0) is 19.7 Å². The molecule has 146 valence electrons. The number of rotatable bonds is 8. The molecule has 0 aliphatic carbocycles. The Morgan fingerprint density at radius 2 is 1.82 bits per heavy atom. The molecule has 0 aliphatic heterocycles. The van der Waals surface area contributed by atoms with Gasteiger partial charge in [0, 0.05) is 24.0 Å². The molecule has 0 radical (unpaired) electrons. The topological polar surface area (TPSA) is 54.5 Å². The van der Waals surface area contributed by atoms with Crippen LogP contribution in [0.25, 0.3) is 0 Å². The van der Waals surface area contributed by atoms with Crippen molar-refractivity contribution in [3.8, 4) is 5.75 Å². The predicted octanol–water partition coefficient (Wildman–Crippen LogP) is 4.02. The highest BCUT2D eigenvalue weighted by atomic mass is 32.1. The molecular formula is C22H25N3O2S. The average molecular weight is 396 g/mol. The number of aromatic nitrogens is 1. The molecule has 0 saturated heterocycles. The fourth-order valence-corrected chi connectivity index (χ4v) is 3.43. The number of hydrogen-bond donors (Lipinski definition) is 1. The largest absolute Gasteiger partial charge is 0.487 e. The van der Waals surface area contributed by atoms with Crippen LogP contribution in [-0.4, -0.2) is 29.9 Å². The molecule has 0 fully saturated rings. The Labute approximate surface area is 170 Å². The zero-order valence-electron chi connectivity index (χ0n) is 16.4. The van der Waals surface area contributed by atoms with Crippen molar-refractivity contribution in [1.82, 2.24) is 15.2 Å². The molecule has 6 heteroatoms. The van der Waals surface area contributed by atoms with Crippen molar-refractivity contribution in [2.75, 3.05) is 14.1 Å². The van der Waals surface area contributed by atoms with Crippen LogP contribution in [0.5, 0.6) is 5.75 Å². The lowest BCUT2D eigenvalue weighted by molar-refractivity contribution is 0.0950. The van der Waals surface area contributed by atoms with Crippen molar-refractivity contribution in [3.63, 3.8) is 0 Å². The molecule has 5 nitrogen and oxygen atoms in total. The van der Waals surface area contributed by atoms with Crippen LogP contribution < -0.4 is 10.1 Å². The molecule has 0 saturated carbocycles. The fourth-order valence-electron chi connectivity index (χ4n) is 2.84. The SMILES string of the molecule is Cc1nc(COc2ccc(C(=O)NCc3ccccc3CN(C)C)cc2)cs1. The van der Waals surface area contributed by atoms with E-state index in [4.69, 9.17) is 4.74 Å². The number of ether oxygens (including phenoxy) is 1. The molecule has 28 heavy (non-hydrogen) atoms. The standard InChI is InChI=1S/C22H25N3O2S/c1-16-24-20(15-28-16)14-27-21-10-8-17(9-11-21)22(26)23-12-18-6-4-5-7-19(18)13-25(2)3/h4-11,15H,12-14H2,1-3H3,(H,23,26). The first-order chi connectivity index (χ1) is 13.5. The maximum Gasteiger partial charge on any atom is 0.251 e. The fraction of sp³-hybridized carbons (Fsp3) is 0.273. The molecule has 0 aliphatic rings. The second kappa shape index (κ2) is 9.48. The van der Waals surface area contributed by atoms with E-state index in [1.807, 2.05) is 50.7 Å². The first kappa shape index (κ1) is 20.0. The molecule has 3 rings (SSSR count). The third kappa shape index (κ3) is 5.65. The quantitative estimate of drug-likeness (QED) is 0.626. The molecule has 0 bridgehead atoms. The summed E-state index contributed by atoms with van der Waals surface area (Å²) in [5.74, 6) is 0.625. The Bertz CT molecular complexity index is 920. The summed E-state index contributed by atoms with van der Waals surface area (Å²) in [5, 5.41) is 6.02. The summed E-state index contributed by atoms with van der Waals surface area (Å²) < 4.78 is 5.73. The van der Waals surface area contributed by atoms with E-state index in [0.29, 0.717) is 18.7 Å². The minimum Gasteiger partial charge on any atom is -0.487 e. The van der Waals surface area contributed by atoms with E-state index in [-0.39, 0.29) is 5.91 Å². The number of aryl methyl sites for hydroxylation is 1. The van der Waals surface area contributed by atoms with E-state index in [1.54, 1.807) is 23.5 Å². The van der Waals surface area contributed by atoms with E-state index in [9.17, 15) is 4.79 Å². The lowest BCUT2D eigenvalue weighted by Crippen LogP contribution is -2.24. The molecule has 3 aromatic rings. The van der Waals surface area contributed by atoms with Gasteiger partial charge in [-0.15, -0.1) is 11.3 Å². The van der Waals surface area contributed by atoms with Gasteiger partial charge < -0.3 is 15.0 Å². The minimum atomic E-state index is -0.0960. The summed E-state index contributed by atoms with van der Waals surface area (Å²) in [5.41, 5.74) is 3.87. The lowest BCUT2D eigenvalue weighted by Gasteiger charge is -2.14. The Morgan fingerprint density at radius 1 is 1.11 bits per heavy atom. The van der Waals surface area contributed by atoms with Crippen molar-refractivity contribution < 1.29 is 9.53 Å². The predicted molar refractivity (Wildman–Crippen MR) is 113 cm³/mol. The Morgan fingerprint density at radius 3 is 2.46 bits per heavy atom. The summed E-state index contributed by atoms with van der Waals surface area (Å²) in [6, 6.07) is 15.4. The first-order valence-electron chi connectivity index (χ1n) is 9.15. The average Bonchev–Trinajstić information content (AvgIpc) is 3.10. The molecular weight excluding hydrogens is 370 g/mol. The number of nitrogens with one attached hydrogen (secondary N) is 1. The number of benzene rings is 2. The number of carbonyl (C=O) groups excluding carboxylic acids is 1. The van der Waals surface area contributed by atoms with Crippen LogP contribution in [0.3, 0.4) is 0 Å². The summed E-state index contributed by atoms with van der Waals surface area (Å²) in [6.07, 6.45) is 0. The van der Waals surface area contributed by atoms with E-state index in [1.165, 1.54) is 5.56 Å². The molecule has 0 atom stereocenters. The van der Waals surface area contributed by atoms with Crippen LogP contribution in [0.2, 0.25) is 0 Å². The van der Waals surface area contributed by atoms with Crippen LogP contribution >= 0.6 is 11.3 Å². The third-order valence-corrected chi connectivity index (χ3v) is 5.04. The van der Waals surface area contributed by atoms with E-state index < -0.39 is 0 Å². The molecule has 0 unspecified atom stereocenters. The number of amides is 1. The van der Waals surface area contributed by atoms with Gasteiger partial charge in [0.1, 0.15) is 12.4 Å². The van der Waals surface area contributed by atoms with Gasteiger partial charge >= 0.3 is 0 Å². The number of nitrogens with zero attached hydrogens (tertiary/aromatic N) is 2. The van der Waals surface area contributed by atoms with Crippen molar-refractivity contribution in [3.05, 3.63) is 81.3 Å². The van der Waals surface area contributed by atoms with Crippen LogP contribution in [0, 0.1) is 6.92 Å². The summed E-state index contributed by atoms with van der Waals surface area (Å²) in [6.45, 7) is 3.75. The second-order valence-corrected chi connectivity index (χ2v) is 7.92. The lowest BCUT2D eigenvalue weighted by atomic mass is 10.1. The first-order valence-corrected chi connectivity index (χ1v) is 10.0. The van der Waals surface area contributed by atoms with Crippen molar-refractivity contribution >= 4 is 17.2 Å². The van der Waals surface area contributed by atoms with Crippen molar-refractivity contribution in [2.45, 2.75) is 26.6 Å². The van der Waals surface area contributed by atoms with Gasteiger partial charge in [0.15, 0.2) is 0 Å². The Hall–Kier alpha value is -2.70. The van der Waals surface area contributed by atoms with Crippen molar-refractivity contribution in [2.24, 2.45) is 0 Å².